The van der Waals surface area contributed by atoms with Gasteiger partial charge in [-0.3, -0.25) is 4.90 Å². The summed E-state index contributed by atoms with van der Waals surface area (Å²) in [6, 6.07) is 22.7. The zero-order valence-corrected chi connectivity index (χ0v) is 12.7. The van der Waals surface area contributed by atoms with Gasteiger partial charge in [-0.1, -0.05) is 60.7 Å². The number of aliphatic hydroxyl groups is 1. The van der Waals surface area contributed by atoms with E-state index in [2.05, 4.69) is 35.2 Å². The van der Waals surface area contributed by atoms with Crippen LogP contribution in [-0.2, 0) is 13.1 Å². The average Bonchev–Trinajstić information content (AvgIpc) is 2.57. The highest BCUT2D eigenvalue weighted by molar-refractivity contribution is 5.17. The van der Waals surface area contributed by atoms with Crippen LogP contribution in [0.2, 0.25) is 0 Å². The van der Waals surface area contributed by atoms with Gasteiger partial charge in [-0.2, -0.15) is 5.26 Å². The number of nitrogens with zero attached hydrogens (tertiary/aromatic N) is 2. The Morgan fingerprint density at radius 2 is 1.41 bits per heavy atom. The van der Waals surface area contributed by atoms with Crippen LogP contribution in [0.3, 0.4) is 0 Å². The molecule has 2 aromatic rings. The van der Waals surface area contributed by atoms with Crippen LogP contribution < -0.4 is 0 Å². The lowest BCUT2D eigenvalue weighted by molar-refractivity contribution is 0.104. The second-order valence-corrected chi connectivity index (χ2v) is 5.41. The van der Waals surface area contributed by atoms with Gasteiger partial charge in [0, 0.05) is 25.6 Å². The van der Waals surface area contributed by atoms with E-state index in [-0.39, 0.29) is 12.6 Å². The zero-order valence-electron chi connectivity index (χ0n) is 12.7. The lowest BCUT2D eigenvalue weighted by Crippen LogP contribution is -2.37. The van der Waals surface area contributed by atoms with Crippen molar-refractivity contribution in [2.75, 3.05) is 6.61 Å². The Morgan fingerprint density at radius 1 is 0.909 bits per heavy atom. The molecule has 0 amide bonds. The van der Waals surface area contributed by atoms with Gasteiger partial charge in [-0.15, -0.1) is 0 Å². The number of hydrogen-bond donors (Lipinski definition) is 1. The molecule has 0 spiro atoms. The van der Waals surface area contributed by atoms with Crippen molar-refractivity contribution in [1.29, 1.82) is 5.26 Å². The summed E-state index contributed by atoms with van der Waals surface area (Å²) in [5.74, 6) is 0. The molecule has 3 nitrogen and oxygen atoms in total. The summed E-state index contributed by atoms with van der Waals surface area (Å²) in [6.45, 7) is 1.61. The highest BCUT2D eigenvalue weighted by atomic mass is 16.3. The van der Waals surface area contributed by atoms with Crippen molar-refractivity contribution < 1.29 is 5.11 Å². The van der Waals surface area contributed by atoms with Crippen molar-refractivity contribution in [3.05, 3.63) is 71.8 Å². The van der Waals surface area contributed by atoms with Gasteiger partial charge in [-0.05, 0) is 17.5 Å². The molecule has 0 saturated heterocycles. The first-order valence-electron chi connectivity index (χ1n) is 7.63. The largest absolute Gasteiger partial charge is 0.395 e. The maximum atomic E-state index is 9.73. The fourth-order valence-electron chi connectivity index (χ4n) is 2.57. The minimum absolute atomic E-state index is 0.0000576. The normalized spacial score (nSPS) is 12.0. The van der Waals surface area contributed by atoms with Crippen LogP contribution in [0, 0.1) is 11.3 Å². The summed E-state index contributed by atoms with van der Waals surface area (Å²) in [5, 5.41) is 18.5. The summed E-state index contributed by atoms with van der Waals surface area (Å²) in [7, 11) is 0. The molecule has 2 aromatic carbocycles. The van der Waals surface area contributed by atoms with E-state index in [1.807, 2.05) is 36.4 Å². The molecular weight excluding hydrogens is 272 g/mol. The van der Waals surface area contributed by atoms with E-state index in [1.54, 1.807) is 0 Å². The Balaban J connectivity index is 2.13. The smallest absolute Gasteiger partial charge is 0.0622 e. The Kier molecular flexibility index (Phi) is 6.63. The summed E-state index contributed by atoms with van der Waals surface area (Å²) >= 11 is 0. The summed E-state index contributed by atoms with van der Waals surface area (Å²) in [6.07, 6.45) is 1.15. The number of hydrogen-bond acceptors (Lipinski definition) is 3. The van der Waals surface area contributed by atoms with Crippen LogP contribution in [0.1, 0.15) is 24.0 Å². The van der Waals surface area contributed by atoms with Crippen LogP contribution in [0.5, 0.6) is 0 Å². The molecule has 0 fully saturated rings. The van der Waals surface area contributed by atoms with Crippen molar-refractivity contribution in [3.8, 4) is 6.07 Å². The van der Waals surface area contributed by atoms with Crippen molar-refractivity contribution in [1.82, 2.24) is 4.90 Å². The molecule has 22 heavy (non-hydrogen) atoms. The van der Waals surface area contributed by atoms with E-state index in [0.717, 1.165) is 13.1 Å². The van der Waals surface area contributed by atoms with Crippen LogP contribution in [0.25, 0.3) is 0 Å². The molecule has 114 valence electrons. The van der Waals surface area contributed by atoms with Gasteiger partial charge < -0.3 is 5.11 Å². The van der Waals surface area contributed by atoms with Crippen LogP contribution in [0.4, 0.5) is 0 Å². The van der Waals surface area contributed by atoms with E-state index in [1.165, 1.54) is 11.1 Å². The molecule has 0 bridgehead atoms. The Morgan fingerprint density at radius 3 is 1.82 bits per heavy atom. The monoisotopic (exact) mass is 294 g/mol. The summed E-state index contributed by atoms with van der Waals surface area (Å²) in [4.78, 5) is 2.25. The molecule has 0 unspecified atom stereocenters. The van der Waals surface area contributed by atoms with Crippen molar-refractivity contribution in [2.45, 2.75) is 32.0 Å². The third-order valence-electron chi connectivity index (χ3n) is 3.77. The Bertz CT molecular complexity index is 536. The zero-order chi connectivity index (χ0) is 15.6. The van der Waals surface area contributed by atoms with Crippen molar-refractivity contribution in [3.63, 3.8) is 0 Å². The molecule has 1 atom stereocenters. The molecule has 0 aliphatic heterocycles. The maximum Gasteiger partial charge on any atom is 0.0622 e. The highest BCUT2D eigenvalue weighted by Gasteiger charge is 2.18. The van der Waals surface area contributed by atoms with Gasteiger partial charge in [0.1, 0.15) is 0 Å². The average molecular weight is 294 g/mol. The molecule has 3 heteroatoms. The molecule has 1 N–H and O–H groups in total. The van der Waals surface area contributed by atoms with E-state index in [0.29, 0.717) is 12.8 Å². The van der Waals surface area contributed by atoms with E-state index in [4.69, 9.17) is 5.26 Å². The first-order chi connectivity index (χ1) is 10.8. The lowest BCUT2D eigenvalue weighted by Gasteiger charge is -2.30. The second-order valence-electron chi connectivity index (χ2n) is 5.41. The van der Waals surface area contributed by atoms with E-state index in [9.17, 15) is 5.11 Å². The molecule has 0 saturated carbocycles. The highest BCUT2D eigenvalue weighted by Crippen LogP contribution is 2.16. The van der Waals surface area contributed by atoms with E-state index >= 15 is 0 Å². The maximum absolute atomic E-state index is 9.73. The second kappa shape index (κ2) is 8.99. The third kappa shape index (κ3) is 5.00. The lowest BCUT2D eigenvalue weighted by atomic mass is 10.1. The SMILES string of the molecule is N#CCC[C@@H](CO)N(Cc1ccccc1)Cc1ccccc1. The first kappa shape index (κ1) is 16.2. The molecule has 0 aliphatic carbocycles. The minimum atomic E-state index is 0.0000576. The topological polar surface area (TPSA) is 47.3 Å². The standard InChI is InChI=1S/C19H22N2O/c20-13-7-12-19(16-22)21(14-17-8-3-1-4-9-17)15-18-10-5-2-6-11-18/h1-6,8-11,19,22H,7,12,14-16H2/t19-/m0/s1. The van der Waals surface area contributed by atoms with Gasteiger partial charge in [0.05, 0.1) is 12.7 Å². The predicted octanol–water partition coefficient (Wildman–Crippen LogP) is 3.35. The molecule has 0 aromatic heterocycles. The molecule has 0 heterocycles. The van der Waals surface area contributed by atoms with Gasteiger partial charge in [0.25, 0.3) is 0 Å². The quantitative estimate of drug-likeness (QED) is 0.812. The first-order valence-corrected chi connectivity index (χ1v) is 7.63. The Labute approximate surface area is 132 Å². The van der Waals surface area contributed by atoms with E-state index < -0.39 is 0 Å². The molecule has 0 radical (unpaired) electrons. The fourth-order valence-corrected chi connectivity index (χ4v) is 2.57. The van der Waals surface area contributed by atoms with Gasteiger partial charge in [-0.25, -0.2) is 0 Å². The van der Waals surface area contributed by atoms with Gasteiger partial charge >= 0.3 is 0 Å². The summed E-state index contributed by atoms with van der Waals surface area (Å²) in [5.41, 5.74) is 2.43. The molecule has 2 rings (SSSR count). The molecule has 0 aliphatic rings. The van der Waals surface area contributed by atoms with Crippen LogP contribution in [-0.4, -0.2) is 22.7 Å². The fraction of sp³-hybridized carbons (Fsp3) is 0.316. The predicted molar refractivity (Wildman–Crippen MR) is 87.9 cm³/mol. The van der Waals surface area contributed by atoms with Crippen LogP contribution >= 0.6 is 0 Å². The van der Waals surface area contributed by atoms with Gasteiger partial charge in [0.2, 0.25) is 0 Å². The number of nitriles is 1. The minimum Gasteiger partial charge on any atom is -0.395 e. The van der Waals surface area contributed by atoms with Crippen molar-refractivity contribution >= 4 is 0 Å². The van der Waals surface area contributed by atoms with Gasteiger partial charge in [0.15, 0.2) is 0 Å². The number of aliphatic hydroxyl groups excluding tert-OH is 1. The van der Waals surface area contributed by atoms with Crippen molar-refractivity contribution in [2.24, 2.45) is 0 Å². The van der Waals surface area contributed by atoms with Crippen LogP contribution in [0.15, 0.2) is 60.7 Å². The number of benzene rings is 2. The number of rotatable bonds is 8. The third-order valence-corrected chi connectivity index (χ3v) is 3.77. The Hall–Kier alpha value is -2.15. The molecular formula is C19H22N2O. The summed E-state index contributed by atoms with van der Waals surface area (Å²) < 4.78 is 0.